The van der Waals surface area contributed by atoms with E-state index in [0.717, 1.165) is 5.56 Å². The highest BCUT2D eigenvalue weighted by atomic mass is 32.1. The zero-order valence-corrected chi connectivity index (χ0v) is 12.8. The van der Waals surface area contributed by atoms with Crippen molar-refractivity contribution in [3.05, 3.63) is 34.3 Å². The van der Waals surface area contributed by atoms with Crippen LogP contribution in [0.1, 0.15) is 15.2 Å². The van der Waals surface area contributed by atoms with E-state index in [-0.39, 0.29) is 6.03 Å². The lowest BCUT2D eigenvalue weighted by atomic mass is 10.3. The molecule has 0 aliphatic carbocycles. The van der Waals surface area contributed by atoms with E-state index in [0.29, 0.717) is 17.1 Å². The zero-order valence-electron chi connectivity index (χ0n) is 12.0. The van der Waals surface area contributed by atoms with E-state index in [2.05, 4.69) is 15.2 Å². The van der Waals surface area contributed by atoms with Gasteiger partial charge in [0.05, 0.1) is 25.5 Å². The Morgan fingerprint density at radius 2 is 2.29 bits per heavy atom. The molecular formula is C13H16N4O3S. The first kappa shape index (κ1) is 15.0. The number of hydrogen-bond acceptors (Lipinski definition) is 5. The number of urea groups is 1. The van der Waals surface area contributed by atoms with Gasteiger partial charge in [-0.1, -0.05) is 0 Å². The van der Waals surface area contributed by atoms with Gasteiger partial charge in [-0.2, -0.15) is 5.10 Å². The Hall–Kier alpha value is -2.35. The first-order valence-electron chi connectivity index (χ1n) is 6.16. The quantitative estimate of drug-likeness (QED) is 0.876. The highest BCUT2D eigenvalue weighted by molar-refractivity contribution is 7.12. The van der Waals surface area contributed by atoms with Crippen molar-refractivity contribution in [2.24, 2.45) is 7.05 Å². The van der Waals surface area contributed by atoms with Crippen molar-refractivity contribution in [1.82, 2.24) is 14.7 Å². The van der Waals surface area contributed by atoms with Crippen LogP contribution in [0.2, 0.25) is 0 Å². The van der Waals surface area contributed by atoms with Crippen LogP contribution in [0.5, 0.6) is 0 Å². The first-order chi connectivity index (χ1) is 10.0. The Bertz CT molecular complexity index is 649. The van der Waals surface area contributed by atoms with E-state index in [9.17, 15) is 9.59 Å². The number of amides is 2. The minimum absolute atomic E-state index is 0.303. The molecule has 0 aliphatic heterocycles. The summed E-state index contributed by atoms with van der Waals surface area (Å²) in [6, 6.07) is 1.37. The number of methoxy groups -OCH3 is 1. The van der Waals surface area contributed by atoms with Crippen molar-refractivity contribution in [2.45, 2.75) is 6.54 Å². The van der Waals surface area contributed by atoms with Crippen LogP contribution in [0.25, 0.3) is 0 Å². The van der Waals surface area contributed by atoms with Gasteiger partial charge in [-0.05, 0) is 11.4 Å². The average molecular weight is 308 g/mol. The minimum Gasteiger partial charge on any atom is -0.465 e. The van der Waals surface area contributed by atoms with Crippen molar-refractivity contribution < 1.29 is 14.3 Å². The van der Waals surface area contributed by atoms with Gasteiger partial charge >= 0.3 is 12.0 Å². The molecule has 8 heteroatoms. The molecule has 0 atom stereocenters. The van der Waals surface area contributed by atoms with Crippen molar-refractivity contribution in [2.75, 3.05) is 19.5 Å². The predicted octanol–water partition coefficient (Wildman–Crippen LogP) is 1.93. The third kappa shape index (κ3) is 3.60. The van der Waals surface area contributed by atoms with Crippen LogP contribution in [0.15, 0.2) is 23.8 Å². The van der Waals surface area contributed by atoms with Crippen LogP contribution in [0.4, 0.5) is 10.5 Å². The molecule has 2 amide bonds. The number of aromatic nitrogens is 2. The molecule has 2 rings (SSSR count). The maximum absolute atomic E-state index is 12.1. The molecule has 2 heterocycles. The molecule has 0 unspecified atom stereocenters. The van der Waals surface area contributed by atoms with Gasteiger partial charge < -0.3 is 15.0 Å². The Balaban J connectivity index is 2.01. The zero-order chi connectivity index (χ0) is 15.4. The molecule has 112 valence electrons. The van der Waals surface area contributed by atoms with Gasteiger partial charge in [-0.15, -0.1) is 11.3 Å². The third-order valence-corrected chi connectivity index (χ3v) is 3.70. The van der Waals surface area contributed by atoms with Gasteiger partial charge in [0.1, 0.15) is 4.88 Å². The van der Waals surface area contributed by atoms with Crippen LogP contribution in [0, 0.1) is 0 Å². The third-order valence-electron chi connectivity index (χ3n) is 2.80. The molecule has 7 nitrogen and oxygen atoms in total. The van der Waals surface area contributed by atoms with Crippen molar-refractivity contribution >= 4 is 29.0 Å². The minimum atomic E-state index is -0.463. The molecule has 0 spiro atoms. The van der Waals surface area contributed by atoms with E-state index in [1.54, 1.807) is 29.4 Å². The van der Waals surface area contributed by atoms with Crippen LogP contribution >= 0.6 is 11.3 Å². The lowest BCUT2D eigenvalue weighted by Gasteiger charge is -2.17. The number of nitrogens with one attached hydrogen (secondary N) is 1. The van der Waals surface area contributed by atoms with Crippen LogP contribution < -0.4 is 5.32 Å². The number of esters is 1. The number of nitrogens with zero attached hydrogens (tertiary/aromatic N) is 3. The van der Waals surface area contributed by atoms with E-state index < -0.39 is 5.97 Å². The Kier molecular flexibility index (Phi) is 4.59. The van der Waals surface area contributed by atoms with Crippen molar-refractivity contribution in [3.8, 4) is 0 Å². The SMILES string of the molecule is COC(=O)c1sccc1NC(=O)N(C)Cc1cnn(C)c1. The molecule has 0 bridgehead atoms. The molecule has 0 fully saturated rings. The number of carbonyl (C=O) groups excluding carboxylic acids is 2. The van der Waals surface area contributed by atoms with Gasteiger partial charge in [0.15, 0.2) is 0 Å². The molecule has 2 aromatic rings. The molecular weight excluding hydrogens is 292 g/mol. The fourth-order valence-electron chi connectivity index (χ4n) is 1.77. The average Bonchev–Trinajstić information content (AvgIpc) is 3.07. The summed E-state index contributed by atoms with van der Waals surface area (Å²) in [5, 5.41) is 8.48. The van der Waals surface area contributed by atoms with E-state index in [1.165, 1.54) is 23.3 Å². The summed E-state index contributed by atoms with van der Waals surface area (Å²) >= 11 is 1.22. The van der Waals surface area contributed by atoms with Crippen molar-refractivity contribution in [3.63, 3.8) is 0 Å². The number of rotatable bonds is 4. The smallest absolute Gasteiger partial charge is 0.350 e. The number of aryl methyl sites for hydroxylation is 1. The van der Waals surface area contributed by atoms with Gasteiger partial charge in [0.2, 0.25) is 0 Å². The topological polar surface area (TPSA) is 76.5 Å². The lowest BCUT2D eigenvalue weighted by Crippen LogP contribution is -2.31. The normalized spacial score (nSPS) is 10.2. The van der Waals surface area contributed by atoms with Crippen LogP contribution in [-0.4, -0.2) is 40.8 Å². The number of carbonyl (C=O) groups is 2. The summed E-state index contributed by atoms with van der Waals surface area (Å²) < 4.78 is 6.35. The van der Waals surface area contributed by atoms with Gasteiger partial charge in [-0.3, -0.25) is 4.68 Å². The van der Waals surface area contributed by atoms with E-state index in [4.69, 9.17) is 0 Å². The number of anilines is 1. The molecule has 2 aromatic heterocycles. The highest BCUT2D eigenvalue weighted by Crippen LogP contribution is 2.23. The second kappa shape index (κ2) is 6.40. The second-order valence-electron chi connectivity index (χ2n) is 4.46. The van der Waals surface area contributed by atoms with Crippen LogP contribution in [-0.2, 0) is 18.3 Å². The highest BCUT2D eigenvalue weighted by Gasteiger charge is 2.17. The number of ether oxygens (including phenoxy) is 1. The monoisotopic (exact) mass is 308 g/mol. The van der Waals surface area contributed by atoms with Gasteiger partial charge in [0, 0.05) is 25.9 Å². The summed E-state index contributed by atoms with van der Waals surface area (Å²) in [5.74, 6) is -0.463. The Morgan fingerprint density at radius 3 is 2.90 bits per heavy atom. The molecule has 0 aromatic carbocycles. The largest absolute Gasteiger partial charge is 0.465 e. The van der Waals surface area contributed by atoms with E-state index in [1.807, 2.05) is 13.2 Å². The fraction of sp³-hybridized carbons (Fsp3) is 0.308. The molecule has 0 radical (unpaired) electrons. The summed E-state index contributed by atoms with van der Waals surface area (Å²) in [4.78, 5) is 25.6. The first-order valence-corrected chi connectivity index (χ1v) is 7.04. The Morgan fingerprint density at radius 1 is 1.52 bits per heavy atom. The van der Waals surface area contributed by atoms with Gasteiger partial charge in [0.25, 0.3) is 0 Å². The number of thiophene rings is 1. The van der Waals surface area contributed by atoms with Crippen molar-refractivity contribution in [1.29, 1.82) is 0 Å². The van der Waals surface area contributed by atoms with Crippen LogP contribution in [0.3, 0.4) is 0 Å². The molecule has 0 aliphatic rings. The molecule has 0 saturated carbocycles. The second-order valence-corrected chi connectivity index (χ2v) is 5.38. The summed E-state index contributed by atoms with van der Waals surface area (Å²) in [5.41, 5.74) is 1.38. The summed E-state index contributed by atoms with van der Waals surface area (Å²) in [7, 11) is 4.80. The Labute approximate surface area is 126 Å². The maximum atomic E-state index is 12.1. The summed E-state index contributed by atoms with van der Waals surface area (Å²) in [6.07, 6.45) is 3.54. The fourth-order valence-corrected chi connectivity index (χ4v) is 2.53. The maximum Gasteiger partial charge on any atom is 0.350 e. The van der Waals surface area contributed by atoms with E-state index >= 15 is 0 Å². The summed E-state index contributed by atoms with van der Waals surface area (Å²) in [6.45, 7) is 0.428. The predicted molar refractivity (Wildman–Crippen MR) is 79.4 cm³/mol. The molecule has 0 saturated heterocycles. The standard InChI is InChI=1S/C13H16N4O3S/c1-16(7-9-6-14-17(2)8-9)13(19)15-10-4-5-21-11(10)12(18)20-3/h4-6,8H,7H2,1-3H3,(H,15,19). The molecule has 1 N–H and O–H groups in total. The van der Waals surface area contributed by atoms with Gasteiger partial charge in [-0.25, -0.2) is 9.59 Å². The molecule has 21 heavy (non-hydrogen) atoms. The number of hydrogen-bond donors (Lipinski definition) is 1. The lowest BCUT2D eigenvalue weighted by molar-refractivity contribution is 0.0607.